The molecule has 0 bridgehead atoms. The molecule has 1 aromatic heterocycles. The highest BCUT2D eigenvalue weighted by Gasteiger charge is 2.05. The quantitative estimate of drug-likeness (QED) is 0.455. The first kappa shape index (κ1) is 10.9. The molecule has 14 heavy (non-hydrogen) atoms. The van der Waals surface area contributed by atoms with Gasteiger partial charge in [-0.25, -0.2) is 4.98 Å². The minimum atomic E-state index is -0.137. The molecule has 1 aromatic rings. The number of ketones is 1. The molecule has 0 atom stereocenters. The van der Waals surface area contributed by atoms with Gasteiger partial charge in [-0.15, -0.1) is 0 Å². The summed E-state index contributed by atoms with van der Waals surface area (Å²) < 4.78 is 0. The highest BCUT2D eigenvalue weighted by atomic mass is 35.5. The number of carbonyl (C=O) groups is 1. The summed E-state index contributed by atoms with van der Waals surface area (Å²) in [7, 11) is 0. The lowest BCUT2D eigenvalue weighted by molar-refractivity contribution is 0.0996. The van der Waals surface area contributed by atoms with Gasteiger partial charge in [0.1, 0.15) is 5.15 Å². The lowest BCUT2D eigenvalue weighted by Crippen LogP contribution is -2.33. The number of rotatable bonds is 3. The van der Waals surface area contributed by atoms with Crippen LogP contribution < -0.4 is 11.1 Å². The van der Waals surface area contributed by atoms with E-state index in [0.717, 1.165) is 0 Å². The summed E-state index contributed by atoms with van der Waals surface area (Å²) in [5.74, 6) is -0.137. The smallest absolute Gasteiger partial charge is 0.182 e. The van der Waals surface area contributed by atoms with E-state index in [1.165, 1.54) is 12.3 Å². The number of aromatic nitrogens is 1. The number of nitrogens with one attached hydrogen (secondary N) is 1. The fourth-order valence-corrected chi connectivity index (χ4v) is 1.09. The van der Waals surface area contributed by atoms with Crippen LogP contribution in [0.25, 0.3) is 0 Å². The number of halogens is 1. The van der Waals surface area contributed by atoms with Crippen LogP contribution in [0, 0.1) is 0 Å². The van der Waals surface area contributed by atoms with Crippen molar-refractivity contribution in [2.24, 2.45) is 5.73 Å². The molecule has 0 fully saturated rings. The maximum Gasteiger partial charge on any atom is 0.182 e. The van der Waals surface area contributed by atoms with Gasteiger partial charge in [-0.1, -0.05) is 11.6 Å². The number of Topliss-reactive ketones (excluding diaryl/α,β-unsaturated/α-hetero) is 1. The molecule has 0 aliphatic rings. The van der Waals surface area contributed by atoms with Crippen molar-refractivity contribution in [1.29, 1.82) is 0 Å². The SMILES string of the molecule is NC(=S)NCC(=O)c1ccnc(Cl)c1. The van der Waals surface area contributed by atoms with Gasteiger partial charge in [-0.05, 0) is 24.4 Å². The number of nitrogens with zero attached hydrogens (tertiary/aromatic N) is 1. The fourth-order valence-electron chi connectivity index (χ4n) is 0.845. The van der Waals surface area contributed by atoms with E-state index in [1.54, 1.807) is 6.07 Å². The molecule has 0 aliphatic carbocycles. The topological polar surface area (TPSA) is 68.0 Å². The molecule has 0 spiro atoms. The van der Waals surface area contributed by atoms with Crippen molar-refractivity contribution in [2.45, 2.75) is 0 Å². The van der Waals surface area contributed by atoms with E-state index < -0.39 is 0 Å². The van der Waals surface area contributed by atoms with Gasteiger partial charge >= 0.3 is 0 Å². The third-order valence-corrected chi connectivity index (χ3v) is 1.82. The fraction of sp³-hybridized carbons (Fsp3) is 0.125. The molecule has 0 amide bonds. The second kappa shape index (κ2) is 4.88. The molecule has 0 saturated heterocycles. The number of carbonyl (C=O) groups excluding carboxylic acids is 1. The average molecular weight is 230 g/mol. The van der Waals surface area contributed by atoms with Crippen molar-refractivity contribution in [3.8, 4) is 0 Å². The Labute approximate surface area is 91.5 Å². The molecule has 0 saturated carbocycles. The van der Waals surface area contributed by atoms with Gasteiger partial charge in [-0.3, -0.25) is 4.79 Å². The zero-order valence-electron chi connectivity index (χ0n) is 7.16. The van der Waals surface area contributed by atoms with Crippen molar-refractivity contribution < 1.29 is 4.79 Å². The summed E-state index contributed by atoms with van der Waals surface area (Å²) in [6.07, 6.45) is 1.47. The Kier molecular flexibility index (Phi) is 3.79. The summed E-state index contributed by atoms with van der Waals surface area (Å²) in [6.45, 7) is 0.0652. The molecule has 3 N–H and O–H groups in total. The highest BCUT2D eigenvalue weighted by Crippen LogP contribution is 2.07. The monoisotopic (exact) mass is 229 g/mol. The molecule has 1 heterocycles. The Morgan fingerprint density at radius 3 is 3.00 bits per heavy atom. The average Bonchev–Trinajstić information content (AvgIpc) is 2.14. The van der Waals surface area contributed by atoms with E-state index in [-0.39, 0.29) is 22.6 Å². The van der Waals surface area contributed by atoms with Crippen LogP contribution in [0.3, 0.4) is 0 Å². The summed E-state index contributed by atoms with van der Waals surface area (Å²) in [4.78, 5) is 15.2. The van der Waals surface area contributed by atoms with E-state index in [1.807, 2.05) is 0 Å². The Balaban J connectivity index is 2.65. The van der Waals surface area contributed by atoms with E-state index >= 15 is 0 Å². The molecular formula is C8H8ClN3OS. The van der Waals surface area contributed by atoms with Crippen LogP contribution in [0.2, 0.25) is 5.15 Å². The summed E-state index contributed by atoms with van der Waals surface area (Å²) in [5.41, 5.74) is 5.66. The normalized spacial score (nSPS) is 9.50. The number of pyridine rings is 1. The first-order chi connectivity index (χ1) is 6.59. The number of hydrogen-bond donors (Lipinski definition) is 2. The van der Waals surface area contributed by atoms with Crippen molar-refractivity contribution >= 4 is 34.7 Å². The minimum Gasteiger partial charge on any atom is -0.376 e. The maximum absolute atomic E-state index is 11.4. The van der Waals surface area contributed by atoms with Gasteiger partial charge < -0.3 is 11.1 Å². The molecule has 74 valence electrons. The molecule has 0 aliphatic heterocycles. The zero-order chi connectivity index (χ0) is 10.6. The third-order valence-electron chi connectivity index (χ3n) is 1.47. The Morgan fingerprint density at radius 1 is 1.71 bits per heavy atom. The van der Waals surface area contributed by atoms with Gasteiger partial charge in [0.25, 0.3) is 0 Å². The molecule has 0 aromatic carbocycles. The largest absolute Gasteiger partial charge is 0.376 e. The lowest BCUT2D eigenvalue weighted by Gasteiger charge is -2.02. The van der Waals surface area contributed by atoms with Gasteiger partial charge in [-0.2, -0.15) is 0 Å². The molecule has 0 radical (unpaired) electrons. The Bertz CT molecular complexity index is 369. The molecule has 6 heteroatoms. The van der Waals surface area contributed by atoms with Gasteiger partial charge in [0, 0.05) is 11.8 Å². The summed E-state index contributed by atoms with van der Waals surface area (Å²) >= 11 is 10.2. The van der Waals surface area contributed by atoms with Crippen molar-refractivity contribution in [3.05, 3.63) is 29.0 Å². The molecule has 4 nitrogen and oxygen atoms in total. The van der Waals surface area contributed by atoms with Crippen LogP contribution in [0.15, 0.2) is 18.3 Å². The summed E-state index contributed by atoms with van der Waals surface area (Å²) in [6, 6.07) is 3.07. The summed E-state index contributed by atoms with van der Waals surface area (Å²) in [5, 5.41) is 2.94. The second-order valence-corrected chi connectivity index (χ2v) is 3.34. The van der Waals surface area contributed by atoms with Crippen LogP contribution in [0.5, 0.6) is 0 Å². The first-order valence-corrected chi connectivity index (χ1v) is 4.56. The standard InChI is InChI=1S/C8H8ClN3OS/c9-7-3-5(1-2-11-7)6(13)4-12-8(10)14/h1-3H,4H2,(H3,10,12,14). The zero-order valence-corrected chi connectivity index (χ0v) is 8.73. The maximum atomic E-state index is 11.4. The molecule has 1 rings (SSSR count). The minimum absolute atomic E-state index is 0.0652. The number of thiocarbonyl (C=S) groups is 1. The van der Waals surface area contributed by atoms with Gasteiger partial charge in [0.05, 0.1) is 6.54 Å². The third kappa shape index (κ3) is 3.27. The predicted octanol–water partition coefficient (Wildman–Crippen LogP) is 0.751. The van der Waals surface area contributed by atoms with Crippen LogP contribution in [0.1, 0.15) is 10.4 Å². The molecule has 0 unspecified atom stereocenters. The van der Waals surface area contributed by atoms with Crippen LogP contribution >= 0.6 is 23.8 Å². The van der Waals surface area contributed by atoms with Crippen LogP contribution in [0.4, 0.5) is 0 Å². The van der Waals surface area contributed by atoms with Crippen molar-refractivity contribution in [1.82, 2.24) is 10.3 Å². The van der Waals surface area contributed by atoms with E-state index in [2.05, 4.69) is 22.5 Å². The Morgan fingerprint density at radius 2 is 2.43 bits per heavy atom. The van der Waals surface area contributed by atoms with Crippen molar-refractivity contribution in [2.75, 3.05) is 6.54 Å². The van der Waals surface area contributed by atoms with E-state index in [4.69, 9.17) is 17.3 Å². The van der Waals surface area contributed by atoms with E-state index in [0.29, 0.717) is 5.56 Å². The lowest BCUT2D eigenvalue weighted by atomic mass is 10.2. The number of hydrogen-bond acceptors (Lipinski definition) is 3. The first-order valence-electron chi connectivity index (χ1n) is 3.77. The van der Waals surface area contributed by atoms with Crippen molar-refractivity contribution in [3.63, 3.8) is 0 Å². The van der Waals surface area contributed by atoms with E-state index in [9.17, 15) is 4.79 Å². The number of nitrogens with two attached hydrogens (primary N) is 1. The Hall–Kier alpha value is -1.20. The van der Waals surface area contributed by atoms with Crippen LogP contribution in [-0.2, 0) is 0 Å². The second-order valence-electron chi connectivity index (χ2n) is 2.51. The van der Waals surface area contributed by atoms with Gasteiger partial charge in [0.2, 0.25) is 0 Å². The van der Waals surface area contributed by atoms with Gasteiger partial charge in [0.15, 0.2) is 10.9 Å². The predicted molar refractivity (Wildman–Crippen MR) is 58.4 cm³/mol. The molecular weight excluding hydrogens is 222 g/mol. The highest BCUT2D eigenvalue weighted by molar-refractivity contribution is 7.80. The van der Waals surface area contributed by atoms with Crippen LogP contribution in [-0.4, -0.2) is 22.4 Å².